The van der Waals surface area contributed by atoms with Gasteiger partial charge in [0.25, 0.3) is 0 Å². The molecule has 18 heavy (non-hydrogen) atoms. The number of benzene rings is 1. The number of nitrogens with one attached hydrogen (secondary N) is 2. The van der Waals surface area contributed by atoms with Gasteiger partial charge in [-0.15, -0.1) is 0 Å². The van der Waals surface area contributed by atoms with E-state index in [1.807, 2.05) is 6.20 Å². The summed E-state index contributed by atoms with van der Waals surface area (Å²) >= 11 is 0. The molecular formula is C15H18N2O. The average Bonchev–Trinajstić information content (AvgIpc) is 2.98. The van der Waals surface area contributed by atoms with Crippen molar-refractivity contribution in [1.29, 1.82) is 0 Å². The molecule has 3 nitrogen and oxygen atoms in total. The van der Waals surface area contributed by atoms with Crippen LogP contribution >= 0.6 is 0 Å². The molecule has 0 saturated heterocycles. The largest absolute Gasteiger partial charge is 0.364 e. The van der Waals surface area contributed by atoms with Crippen molar-refractivity contribution in [3.63, 3.8) is 0 Å². The van der Waals surface area contributed by atoms with Crippen molar-refractivity contribution in [2.75, 3.05) is 0 Å². The normalized spacial score (nSPS) is 25.1. The lowest BCUT2D eigenvalue weighted by Gasteiger charge is -2.14. The van der Waals surface area contributed by atoms with E-state index in [2.05, 4.69) is 35.8 Å². The van der Waals surface area contributed by atoms with E-state index < -0.39 is 0 Å². The van der Waals surface area contributed by atoms with Crippen LogP contribution in [0.2, 0.25) is 0 Å². The number of fused-ring (bicyclic) bond motifs is 1. The number of aldehydes is 1. The third kappa shape index (κ3) is 1.90. The summed E-state index contributed by atoms with van der Waals surface area (Å²) in [6, 6.07) is 6.59. The second kappa shape index (κ2) is 4.48. The molecule has 3 heteroatoms. The minimum Gasteiger partial charge on any atom is -0.364 e. The van der Waals surface area contributed by atoms with Crippen LogP contribution in [0.25, 0.3) is 0 Å². The molecule has 1 aromatic carbocycles. The van der Waals surface area contributed by atoms with Gasteiger partial charge in [-0.25, -0.2) is 0 Å². The Morgan fingerprint density at radius 1 is 1.44 bits per heavy atom. The Morgan fingerprint density at radius 2 is 2.33 bits per heavy atom. The summed E-state index contributed by atoms with van der Waals surface area (Å²) in [7, 11) is 0. The van der Waals surface area contributed by atoms with Crippen LogP contribution in [0.15, 0.2) is 30.1 Å². The van der Waals surface area contributed by atoms with E-state index in [1.165, 1.54) is 29.5 Å². The zero-order valence-electron chi connectivity index (χ0n) is 10.6. The van der Waals surface area contributed by atoms with E-state index in [4.69, 9.17) is 0 Å². The highest BCUT2D eigenvalue weighted by molar-refractivity contribution is 5.58. The van der Waals surface area contributed by atoms with Gasteiger partial charge < -0.3 is 10.6 Å². The van der Waals surface area contributed by atoms with Crippen molar-refractivity contribution in [2.45, 2.75) is 38.3 Å². The van der Waals surface area contributed by atoms with E-state index in [9.17, 15) is 4.79 Å². The van der Waals surface area contributed by atoms with Crippen molar-refractivity contribution in [1.82, 2.24) is 10.6 Å². The van der Waals surface area contributed by atoms with Gasteiger partial charge in [-0.3, -0.25) is 4.79 Å². The first-order valence-electron chi connectivity index (χ1n) is 6.53. The van der Waals surface area contributed by atoms with Crippen molar-refractivity contribution in [2.24, 2.45) is 0 Å². The van der Waals surface area contributed by atoms with Crippen LogP contribution < -0.4 is 10.6 Å². The maximum Gasteiger partial charge on any atom is 0.162 e. The van der Waals surface area contributed by atoms with Crippen molar-refractivity contribution in [3.8, 4) is 0 Å². The highest BCUT2D eigenvalue weighted by atomic mass is 16.1. The molecule has 0 saturated carbocycles. The summed E-state index contributed by atoms with van der Waals surface area (Å²) in [5.41, 5.74) is 5.58. The van der Waals surface area contributed by atoms with Gasteiger partial charge in [-0.1, -0.05) is 18.2 Å². The smallest absolute Gasteiger partial charge is 0.162 e. The number of rotatable bonds is 3. The van der Waals surface area contributed by atoms with E-state index in [0.717, 1.165) is 18.4 Å². The molecule has 0 aromatic heterocycles. The summed E-state index contributed by atoms with van der Waals surface area (Å²) < 4.78 is 0. The molecule has 2 N–H and O–H groups in total. The van der Waals surface area contributed by atoms with Crippen molar-refractivity contribution >= 4 is 6.29 Å². The van der Waals surface area contributed by atoms with Crippen LogP contribution in [-0.2, 0) is 11.2 Å². The van der Waals surface area contributed by atoms with Gasteiger partial charge in [-0.2, -0.15) is 0 Å². The Bertz CT molecular complexity index is 507. The predicted octanol–water partition coefficient (Wildman–Crippen LogP) is 1.97. The fraction of sp³-hybridized carbons (Fsp3) is 0.400. The average molecular weight is 242 g/mol. The second-order valence-electron chi connectivity index (χ2n) is 5.18. The van der Waals surface area contributed by atoms with Crippen LogP contribution in [0.3, 0.4) is 0 Å². The molecule has 1 heterocycles. The molecule has 1 aliphatic heterocycles. The summed E-state index contributed by atoms with van der Waals surface area (Å²) in [6.45, 7) is 2.19. The maximum absolute atomic E-state index is 10.7. The van der Waals surface area contributed by atoms with Gasteiger partial charge in [0, 0.05) is 11.9 Å². The van der Waals surface area contributed by atoms with Gasteiger partial charge in [0.05, 0.1) is 0 Å². The van der Waals surface area contributed by atoms with Crippen LogP contribution in [-0.4, -0.2) is 12.5 Å². The summed E-state index contributed by atoms with van der Waals surface area (Å²) in [4.78, 5) is 10.7. The molecule has 0 bridgehead atoms. The van der Waals surface area contributed by atoms with E-state index in [-0.39, 0.29) is 6.17 Å². The van der Waals surface area contributed by atoms with Gasteiger partial charge in [-0.05, 0) is 48.8 Å². The third-order valence-electron chi connectivity index (χ3n) is 4.01. The van der Waals surface area contributed by atoms with E-state index >= 15 is 0 Å². The lowest BCUT2D eigenvalue weighted by Crippen LogP contribution is -2.33. The number of hydrogen-bond donors (Lipinski definition) is 2. The molecule has 3 rings (SSSR count). The van der Waals surface area contributed by atoms with E-state index in [0.29, 0.717) is 5.92 Å². The molecule has 2 atom stereocenters. The molecule has 0 spiro atoms. The van der Waals surface area contributed by atoms with Crippen molar-refractivity contribution in [3.05, 3.63) is 46.8 Å². The van der Waals surface area contributed by atoms with Gasteiger partial charge >= 0.3 is 0 Å². The number of hydrogen-bond acceptors (Lipinski definition) is 3. The lowest BCUT2D eigenvalue weighted by atomic mass is 9.95. The fourth-order valence-corrected chi connectivity index (χ4v) is 3.07. The van der Waals surface area contributed by atoms with Crippen LogP contribution in [0.1, 0.15) is 35.4 Å². The number of carbonyl (C=O) groups excluding carboxylic acids is 1. The third-order valence-corrected chi connectivity index (χ3v) is 4.01. The number of aryl methyl sites for hydroxylation is 1. The van der Waals surface area contributed by atoms with Gasteiger partial charge in [0.15, 0.2) is 12.5 Å². The fourth-order valence-electron chi connectivity index (χ4n) is 3.07. The summed E-state index contributed by atoms with van der Waals surface area (Å²) in [5, 5.41) is 6.22. The summed E-state index contributed by atoms with van der Waals surface area (Å²) in [6.07, 6.45) is 5.99. The van der Waals surface area contributed by atoms with Gasteiger partial charge in [0.2, 0.25) is 0 Å². The number of carbonyl (C=O) groups is 1. The Kier molecular flexibility index (Phi) is 2.82. The first kappa shape index (κ1) is 11.3. The topological polar surface area (TPSA) is 41.1 Å². The first-order chi connectivity index (χ1) is 8.78. The Balaban J connectivity index is 1.74. The van der Waals surface area contributed by atoms with Crippen LogP contribution in [0, 0.1) is 6.92 Å². The van der Waals surface area contributed by atoms with Gasteiger partial charge in [0.1, 0.15) is 0 Å². The standard InChI is InChI=1S/C15H18N2O/c1-10-3-2-4-14-11(5-6-13(10)14)7-12-8-16-15(9-18)17-12/h2-4,8-9,11,15-17H,5-7H2,1H3. The summed E-state index contributed by atoms with van der Waals surface area (Å²) in [5.74, 6) is 0.589. The van der Waals surface area contributed by atoms with Crippen molar-refractivity contribution < 1.29 is 4.79 Å². The van der Waals surface area contributed by atoms with Crippen LogP contribution in [0.5, 0.6) is 0 Å². The molecular weight excluding hydrogens is 224 g/mol. The van der Waals surface area contributed by atoms with E-state index in [1.54, 1.807) is 0 Å². The molecule has 94 valence electrons. The highest BCUT2D eigenvalue weighted by Crippen LogP contribution is 2.38. The zero-order chi connectivity index (χ0) is 12.5. The predicted molar refractivity (Wildman–Crippen MR) is 71.1 cm³/mol. The molecule has 2 aliphatic rings. The Morgan fingerprint density at radius 3 is 3.11 bits per heavy atom. The maximum atomic E-state index is 10.7. The quantitative estimate of drug-likeness (QED) is 0.796. The zero-order valence-corrected chi connectivity index (χ0v) is 10.6. The van der Waals surface area contributed by atoms with Crippen LogP contribution in [0.4, 0.5) is 0 Å². The first-order valence-corrected chi connectivity index (χ1v) is 6.53. The SMILES string of the molecule is Cc1cccc2c1CCC2CC1=CNC(C=O)N1. The molecule has 0 amide bonds. The molecule has 2 unspecified atom stereocenters. The Labute approximate surface area is 107 Å². The lowest BCUT2D eigenvalue weighted by molar-refractivity contribution is -0.109. The Hall–Kier alpha value is -1.77. The molecule has 0 fully saturated rings. The molecule has 1 aliphatic carbocycles. The second-order valence-corrected chi connectivity index (χ2v) is 5.18. The minimum atomic E-state index is -0.238. The number of allylic oxidation sites excluding steroid dienone is 1. The minimum absolute atomic E-state index is 0.238. The highest BCUT2D eigenvalue weighted by Gasteiger charge is 2.26. The monoisotopic (exact) mass is 242 g/mol. The molecule has 0 radical (unpaired) electrons. The molecule has 1 aromatic rings.